The van der Waals surface area contributed by atoms with E-state index in [1.807, 2.05) is 6.07 Å². The topological polar surface area (TPSA) is 72.5 Å². The summed E-state index contributed by atoms with van der Waals surface area (Å²) in [4.78, 5) is 11.9. The van der Waals surface area contributed by atoms with E-state index in [0.29, 0.717) is 5.33 Å². The van der Waals surface area contributed by atoms with Gasteiger partial charge in [0.05, 0.1) is 16.9 Å². The molecule has 0 bridgehead atoms. The number of rotatable bonds is 7. The Morgan fingerprint density at radius 3 is 2.62 bits per heavy atom. The van der Waals surface area contributed by atoms with E-state index < -0.39 is 21.4 Å². The zero-order valence-corrected chi connectivity index (χ0v) is 14.8. The Balaban J connectivity index is 2.83. The van der Waals surface area contributed by atoms with Gasteiger partial charge in [-0.3, -0.25) is 4.79 Å². The first-order valence-electron chi connectivity index (χ1n) is 6.54. The number of hydrogen-bond acceptors (Lipinski definition) is 4. The van der Waals surface area contributed by atoms with Crippen LogP contribution in [0.5, 0.6) is 0 Å². The van der Waals surface area contributed by atoms with Gasteiger partial charge in [0.15, 0.2) is 0 Å². The normalized spacial score (nSPS) is 12.2. The fourth-order valence-corrected chi connectivity index (χ4v) is 3.18. The van der Waals surface area contributed by atoms with Crippen molar-refractivity contribution >= 4 is 31.9 Å². The molecular weight excluding hydrogens is 358 g/mol. The summed E-state index contributed by atoms with van der Waals surface area (Å²) in [6.07, 6.45) is 0. The van der Waals surface area contributed by atoms with E-state index in [1.54, 1.807) is 32.9 Å². The fourth-order valence-electron chi connectivity index (χ4n) is 1.55. The Morgan fingerprint density at radius 2 is 2.05 bits per heavy atom. The van der Waals surface area contributed by atoms with Gasteiger partial charge < -0.3 is 4.74 Å². The van der Waals surface area contributed by atoms with E-state index in [-0.39, 0.29) is 18.0 Å². The van der Waals surface area contributed by atoms with Crippen molar-refractivity contribution in [3.8, 4) is 0 Å². The number of benzene rings is 1. The van der Waals surface area contributed by atoms with Crippen LogP contribution in [0.3, 0.4) is 0 Å². The molecule has 0 unspecified atom stereocenters. The van der Waals surface area contributed by atoms with E-state index in [1.165, 1.54) is 6.07 Å². The molecule has 0 saturated heterocycles. The van der Waals surface area contributed by atoms with Gasteiger partial charge in [0.25, 0.3) is 0 Å². The predicted octanol–water partition coefficient (Wildman–Crippen LogP) is 2.45. The lowest BCUT2D eigenvalue weighted by Crippen LogP contribution is -2.40. The summed E-state index contributed by atoms with van der Waals surface area (Å²) in [6.45, 7) is 5.24. The minimum Gasteiger partial charge on any atom is -0.466 e. The maximum atomic E-state index is 12.2. The van der Waals surface area contributed by atoms with E-state index in [0.717, 1.165) is 5.56 Å². The monoisotopic (exact) mass is 377 g/mol. The maximum Gasteiger partial charge on any atom is 0.312 e. The smallest absolute Gasteiger partial charge is 0.312 e. The standard InChI is InChI=1S/C14H20BrNO4S/c1-4-20-13(17)14(2,3)10-16-21(18,19)12-7-5-6-11(8-12)9-15/h5-8,16H,4,9-10H2,1-3H3. The van der Waals surface area contributed by atoms with Gasteiger partial charge in [0, 0.05) is 11.9 Å². The van der Waals surface area contributed by atoms with Crippen LogP contribution in [0.1, 0.15) is 26.3 Å². The molecule has 5 nitrogen and oxygen atoms in total. The summed E-state index contributed by atoms with van der Waals surface area (Å²) < 4.78 is 31.9. The quantitative estimate of drug-likeness (QED) is 0.584. The molecule has 1 aromatic carbocycles. The van der Waals surface area contributed by atoms with Crippen LogP contribution in [0.15, 0.2) is 29.2 Å². The zero-order chi connectivity index (χ0) is 16.1. The number of halogens is 1. The summed E-state index contributed by atoms with van der Waals surface area (Å²) in [5.41, 5.74) is -0.0571. The third-order valence-electron chi connectivity index (χ3n) is 2.90. The van der Waals surface area contributed by atoms with Crippen LogP contribution in [0.25, 0.3) is 0 Å². The Morgan fingerprint density at radius 1 is 1.38 bits per heavy atom. The minimum atomic E-state index is -3.65. The molecule has 0 aliphatic carbocycles. The Labute approximate surface area is 134 Å². The first-order valence-corrected chi connectivity index (χ1v) is 9.15. The zero-order valence-electron chi connectivity index (χ0n) is 12.3. The molecule has 0 aliphatic heterocycles. The van der Waals surface area contributed by atoms with Crippen molar-refractivity contribution in [1.29, 1.82) is 0 Å². The fraction of sp³-hybridized carbons (Fsp3) is 0.500. The highest BCUT2D eigenvalue weighted by molar-refractivity contribution is 9.08. The molecule has 1 rings (SSSR count). The molecule has 0 aromatic heterocycles. The highest BCUT2D eigenvalue weighted by Crippen LogP contribution is 2.19. The molecule has 0 fully saturated rings. The Kier molecular flexibility index (Phi) is 6.37. The summed E-state index contributed by atoms with van der Waals surface area (Å²) in [5.74, 6) is -0.429. The highest BCUT2D eigenvalue weighted by Gasteiger charge is 2.31. The van der Waals surface area contributed by atoms with Crippen LogP contribution in [-0.2, 0) is 24.9 Å². The van der Waals surface area contributed by atoms with Gasteiger partial charge in [-0.05, 0) is 38.5 Å². The van der Waals surface area contributed by atoms with Crippen molar-refractivity contribution < 1.29 is 17.9 Å². The molecule has 7 heteroatoms. The van der Waals surface area contributed by atoms with Gasteiger partial charge in [-0.25, -0.2) is 13.1 Å². The molecule has 0 aliphatic rings. The van der Waals surface area contributed by atoms with Crippen molar-refractivity contribution in [1.82, 2.24) is 4.72 Å². The molecular formula is C14H20BrNO4S. The van der Waals surface area contributed by atoms with Crippen LogP contribution in [-0.4, -0.2) is 27.5 Å². The average Bonchev–Trinajstić information content (AvgIpc) is 2.46. The van der Waals surface area contributed by atoms with Gasteiger partial charge in [-0.1, -0.05) is 28.1 Å². The molecule has 0 saturated carbocycles. The Hall–Kier alpha value is -0.920. The number of nitrogens with one attached hydrogen (secondary N) is 1. The molecule has 118 valence electrons. The molecule has 0 radical (unpaired) electrons. The molecule has 21 heavy (non-hydrogen) atoms. The summed E-state index contributed by atoms with van der Waals surface area (Å²) >= 11 is 3.29. The van der Waals surface area contributed by atoms with Crippen molar-refractivity contribution in [3.63, 3.8) is 0 Å². The summed E-state index contributed by atoms with van der Waals surface area (Å²) in [6, 6.07) is 6.62. The maximum absolute atomic E-state index is 12.2. The molecule has 0 atom stereocenters. The number of hydrogen-bond donors (Lipinski definition) is 1. The summed E-state index contributed by atoms with van der Waals surface area (Å²) in [5, 5.41) is 0.574. The summed E-state index contributed by atoms with van der Waals surface area (Å²) in [7, 11) is -3.65. The van der Waals surface area contributed by atoms with Gasteiger partial charge in [0.1, 0.15) is 0 Å². The first kappa shape index (κ1) is 18.1. The van der Waals surface area contributed by atoms with Crippen LogP contribution in [0.4, 0.5) is 0 Å². The Bertz CT molecular complexity index is 599. The molecule has 0 heterocycles. The van der Waals surface area contributed by atoms with Gasteiger partial charge >= 0.3 is 5.97 Å². The average molecular weight is 378 g/mol. The molecule has 1 N–H and O–H groups in total. The van der Waals surface area contributed by atoms with Gasteiger partial charge in [-0.2, -0.15) is 0 Å². The first-order chi connectivity index (χ1) is 9.73. The number of sulfonamides is 1. The predicted molar refractivity (Wildman–Crippen MR) is 84.7 cm³/mol. The van der Waals surface area contributed by atoms with Crippen LogP contribution >= 0.6 is 15.9 Å². The molecule has 1 aromatic rings. The second-order valence-corrected chi connectivity index (χ2v) is 7.54. The van der Waals surface area contributed by atoms with Crippen molar-refractivity contribution in [2.24, 2.45) is 5.41 Å². The largest absolute Gasteiger partial charge is 0.466 e. The highest BCUT2D eigenvalue weighted by atomic mass is 79.9. The molecule has 0 spiro atoms. The SMILES string of the molecule is CCOC(=O)C(C)(C)CNS(=O)(=O)c1cccc(CBr)c1. The van der Waals surface area contributed by atoms with Gasteiger partial charge in [0.2, 0.25) is 10.0 Å². The van der Waals surface area contributed by atoms with Crippen molar-refractivity contribution in [3.05, 3.63) is 29.8 Å². The van der Waals surface area contributed by atoms with E-state index in [4.69, 9.17) is 4.74 Å². The minimum absolute atomic E-state index is 0.0211. The number of esters is 1. The second kappa shape index (κ2) is 7.38. The number of carbonyl (C=O) groups excluding carboxylic acids is 1. The lowest BCUT2D eigenvalue weighted by molar-refractivity contribution is -0.152. The van der Waals surface area contributed by atoms with Crippen LogP contribution < -0.4 is 4.72 Å². The lowest BCUT2D eigenvalue weighted by Gasteiger charge is -2.22. The van der Waals surface area contributed by atoms with Crippen LogP contribution in [0.2, 0.25) is 0 Å². The number of alkyl halides is 1. The number of carbonyl (C=O) groups is 1. The van der Waals surface area contributed by atoms with Crippen molar-refractivity contribution in [2.75, 3.05) is 13.2 Å². The number of ether oxygens (including phenoxy) is 1. The van der Waals surface area contributed by atoms with E-state index >= 15 is 0 Å². The van der Waals surface area contributed by atoms with Crippen LogP contribution in [0, 0.1) is 5.41 Å². The van der Waals surface area contributed by atoms with E-state index in [9.17, 15) is 13.2 Å². The second-order valence-electron chi connectivity index (χ2n) is 5.21. The lowest BCUT2D eigenvalue weighted by atomic mass is 9.94. The van der Waals surface area contributed by atoms with E-state index in [2.05, 4.69) is 20.7 Å². The third-order valence-corrected chi connectivity index (χ3v) is 4.94. The third kappa shape index (κ3) is 5.09. The van der Waals surface area contributed by atoms with Gasteiger partial charge in [-0.15, -0.1) is 0 Å². The molecule has 0 amide bonds. The van der Waals surface area contributed by atoms with Crippen molar-refractivity contribution in [2.45, 2.75) is 31.0 Å².